The Labute approximate surface area is 109 Å². The van der Waals surface area contributed by atoms with E-state index in [2.05, 4.69) is 0 Å². The maximum Gasteiger partial charge on any atom is 0.329 e. The van der Waals surface area contributed by atoms with Gasteiger partial charge in [-0.3, -0.25) is 4.79 Å². The Hall–Kier alpha value is -2.17. The number of para-hydroxylation sites is 1. The number of carboxylic acids is 1. The number of fused-ring (bicyclic) bond motifs is 1. The molecule has 5 heteroatoms. The first-order valence-electron chi connectivity index (χ1n) is 6.13. The van der Waals surface area contributed by atoms with Gasteiger partial charge in [-0.2, -0.15) is 0 Å². The van der Waals surface area contributed by atoms with Gasteiger partial charge in [-0.25, -0.2) is 9.18 Å². The Morgan fingerprint density at radius 2 is 2.21 bits per heavy atom. The highest BCUT2D eigenvalue weighted by Gasteiger charge is 2.38. The first-order valence-corrected chi connectivity index (χ1v) is 6.13. The molecule has 1 amide bonds. The molecule has 4 nitrogen and oxygen atoms in total. The molecule has 1 N–H and O–H groups in total. The lowest BCUT2D eigenvalue weighted by molar-refractivity contribution is -0.131. The fourth-order valence-corrected chi connectivity index (χ4v) is 2.36. The van der Waals surface area contributed by atoms with E-state index in [1.807, 2.05) is 0 Å². The Morgan fingerprint density at radius 3 is 2.84 bits per heavy atom. The van der Waals surface area contributed by atoms with Crippen molar-refractivity contribution in [1.29, 1.82) is 0 Å². The van der Waals surface area contributed by atoms with E-state index in [9.17, 15) is 14.0 Å². The lowest BCUT2D eigenvalue weighted by Gasteiger charge is -2.16. The van der Waals surface area contributed by atoms with Crippen LogP contribution in [0.2, 0.25) is 0 Å². The molecule has 0 spiro atoms. The number of anilines is 1. The van der Waals surface area contributed by atoms with Crippen molar-refractivity contribution in [3.63, 3.8) is 0 Å². The van der Waals surface area contributed by atoms with E-state index >= 15 is 0 Å². The van der Waals surface area contributed by atoms with Crippen LogP contribution in [0.4, 0.5) is 10.1 Å². The van der Waals surface area contributed by atoms with Gasteiger partial charge in [0, 0.05) is 18.2 Å². The quantitative estimate of drug-likeness (QED) is 0.847. The van der Waals surface area contributed by atoms with Crippen LogP contribution < -0.4 is 4.90 Å². The van der Waals surface area contributed by atoms with Crippen LogP contribution in [0.5, 0.6) is 0 Å². The summed E-state index contributed by atoms with van der Waals surface area (Å²) in [6.07, 6.45) is 2.92. The van der Waals surface area contributed by atoms with Crippen LogP contribution >= 0.6 is 0 Å². The molecule has 98 valence electrons. The van der Waals surface area contributed by atoms with E-state index in [1.54, 1.807) is 6.07 Å². The highest BCUT2D eigenvalue weighted by molar-refractivity contribution is 6.34. The molecule has 1 heterocycles. The number of benzene rings is 1. The number of aliphatic carboxylic acids is 1. The number of amides is 1. The second kappa shape index (κ2) is 4.19. The molecule has 0 aromatic heterocycles. The highest BCUT2D eigenvalue weighted by Crippen LogP contribution is 2.41. The molecule has 0 bridgehead atoms. The molecule has 19 heavy (non-hydrogen) atoms. The lowest BCUT2D eigenvalue weighted by atomic mass is 10.1. The molecule has 1 fully saturated rings. The normalized spacial score (nSPS) is 19.9. The summed E-state index contributed by atoms with van der Waals surface area (Å²) < 4.78 is 13.9. The van der Waals surface area contributed by atoms with Gasteiger partial charge in [-0.15, -0.1) is 0 Å². The van der Waals surface area contributed by atoms with E-state index in [0.29, 0.717) is 18.0 Å². The van der Waals surface area contributed by atoms with Crippen molar-refractivity contribution in [2.45, 2.75) is 12.8 Å². The predicted molar refractivity (Wildman–Crippen MR) is 67.1 cm³/mol. The number of carbonyl (C=O) groups is 2. The van der Waals surface area contributed by atoms with Gasteiger partial charge in [0.2, 0.25) is 0 Å². The van der Waals surface area contributed by atoms with E-state index in [4.69, 9.17) is 5.11 Å². The minimum absolute atomic E-state index is 0.0580. The van der Waals surface area contributed by atoms with E-state index in [1.165, 1.54) is 17.0 Å². The number of halogens is 1. The Bertz CT molecular complexity index is 605. The van der Waals surface area contributed by atoms with Crippen molar-refractivity contribution in [3.8, 4) is 0 Å². The van der Waals surface area contributed by atoms with Crippen molar-refractivity contribution < 1.29 is 19.1 Å². The zero-order chi connectivity index (χ0) is 13.6. The molecular weight excluding hydrogens is 249 g/mol. The summed E-state index contributed by atoms with van der Waals surface area (Å²) in [6, 6.07) is 4.35. The number of hydrogen-bond donors (Lipinski definition) is 1. The Morgan fingerprint density at radius 1 is 1.47 bits per heavy atom. The summed E-state index contributed by atoms with van der Waals surface area (Å²) in [4.78, 5) is 24.4. The van der Waals surface area contributed by atoms with Gasteiger partial charge < -0.3 is 10.0 Å². The number of hydrogen-bond acceptors (Lipinski definition) is 2. The molecule has 1 aliphatic heterocycles. The minimum atomic E-state index is -1.20. The summed E-state index contributed by atoms with van der Waals surface area (Å²) in [6.45, 7) is 0.462. The third-order valence-electron chi connectivity index (χ3n) is 3.43. The van der Waals surface area contributed by atoms with Crippen molar-refractivity contribution in [2.24, 2.45) is 5.92 Å². The van der Waals surface area contributed by atoms with Crippen LogP contribution in [0, 0.1) is 11.7 Å². The molecule has 2 aliphatic rings. The van der Waals surface area contributed by atoms with Crippen molar-refractivity contribution in [2.75, 3.05) is 11.4 Å². The maximum absolute atomic E-state index is 13.9. The van der Waals surface area contributed by atoms with Crippen LogP contribution in [0.1, 0.15) is 18.4 Å². The molecule has 0 atom stereocenters. The topological polar surface area (TPSA) is 57.6 Å². The van der Waals surface area contributed by atoms with Crippen molar-refractivity contribution in [1.82, 2.24) is 0 Å². The highest BCUT2D eigenvalue weighted by atomic mass is 19.1. The average molecular weight is 261 g/mol. The molecule has 0 unspecified atom stereocenters. The van der Waals surface area contributed by atoms with Gasteiger partial charge in [0.1, 0.15) is 5.82 Å². The molecular formula is C14H12FNO3. The zero-order valence-electron chi connectivity index (χ0n) is 10.1. The summed E-state index contributed by atoms with van der Waals surface area (Å²) in [5.74, 6) is -1.71. The van der Waals surface area contributed by atoms with E-state index in [-0.39, 0.29) is 11.3 Å². The van der Waals surface area contributed by atoms with Gasteiger partial charge in [0.15, 0.2) is 0 Å². The summed E-state index contributed by atoms with van der Waals surface area (Å²) >= 11 is 0. The van der Waals surface area contributed by atoms with Crippen LogP contribution in [-0.2, 0) is 9.59 Å². The summed E-state index contributed by atoms with van der Waals surface area (Å²) in [5.41, 5.74) is 0.641. The van der Waals surface area contributed by atoms with Crippen molar-refractivity contribution in [3.05, 3.63) is 35.7 Å². The molecule has 1 aliphatic carbocycles. The first kappa shape index (κ1) is 11.9. The Balaban J connectivity index is 2.10. The first-order chi connectivity index (χ1) is 9.08. The molecule has 3 rings (SSSR count). The SMILES string of the molecule is O=C(O)/C=C1/C(=O)N(CC2CC2)c2c(F)cccc21. The van der Waals surface area contributed by atoms with Gasteiger partial charge in [0.25, 0.3) is 5.91 Å². The number of carboxylic acid groups (broad SMARTS) is 1. The predicted octanol–water partition coefficient (Wildman–Crippen LogP) is 2.05. The second-order valence-electron chi connectivity index (χ2n) is 4.89. The Kier molecular flexibility index (Phi) is 2.62. The second-order valence-corrected chi connectivity index (χ2v) is 4.89. The van der Waals surface area contributed by atoms with Crippen LogP contribution in [0.15, 0.2) is 24.3 Å². The van der Waals surface area contributed by atoms with Gasteiger partial charge in [-0.05, 0) is 24.8 Å². The smallest absolute Gasteiger partial charge is 0.329 e. The summed E-state index contributed by atoms with van der Waals surface area (Å²) in [5, 5.41) is 8.83. The monoisotopic (exact) mass is 261 g/mol. The molecule has 1 aromatic carbocycles. The van der Waals surface area contributed by atoms with Gasteiger partial charge in [-0.1, -0.05) is 12.1 Å². The minimum Gasteiger partial charge on any atom is -0.478 e. The standard InChI is InChI=1S/C14H12FNO3/c15-11-3-1-2-9-10(6-12(17)18)14(19)16(13(9)11)7-8-4-5-8/h1-3,6,8H,4-5,7H2,(H,17,18)/b10-6+. The van der Waals surface area contributed by atoms with Crippen molar-refractivity contribution >= 4 is 23.1 Å². The third-order valence-corrected chi connectivity index (χ3v) is 3.43. The van der Waals surface area contributed by atoms with Crippen LogP contribution in [0.3, 0.4) is 0 Å². The van der Waals surface area contributed by atoms with Gasteiger partial charge >= 0.3 is 5.97 Å². The average Bonchev–Trinajstić information content (AvgIpc) is 3.12. The summed E-state index contributed by atoms with van der Waals surface area (Å²) in [7, 11) is 0. The molecule has 1 aromatic rings. The number of carbonyl (C=O) groups excluding carboxylic acids is 1. The van der Waals surface area contributed by atoms with E-state index < -0.39 is 17.7 Å². The molecule has 0 saturated heterocycles. The van der Waals surface area contributed by atoms with E-state index in [0.717, 1.165) is 18.9 Å². The van der Waals surface area contributed by atoms with Crippen LogP contribution in [-0.4, -0.2) is 23.5 Å². The maximum atomic E-state index is 13.9. The zero-order valence-corrected chi connectivity index (χ0v) is 10.1. The largest absolute Gasteiger partial charge is 0.478 e. The number of rotatable bonds is 3. The molecule has 0 radical (unpaired) electrons. The van der Waals surface area contributed by atoms with Crippen LogP contribution in [0.25, 0.3) is 5.57 Å². The fourth-order valence-electron chi connectivity index (χ4n) is 2.36. The molecule has 1 saturated carbocycles. The third kappa shape index (κ3) is 2.01. The lowest BCUT2D eigenvalue weighted by Crippen LogP contribution is -2.29. The fraction of sp³-hybridized carbons (Fsp3) is 0.286. The van der Waals surface area contributed by atoms with Gasteiger partial charge in [0.05, 0.1) is 11.3 Å². The number of nitrogens with zero attached hydrogens (tertiary/aromatic N) is 1.